The van der Waals surface area contributed by atoms with E-state index in [1.54, 1.807) is 49.8 Å². The fraction of sp³-hybridized carbons (Fsp3) is 0.446. The molecule has 12 rings (SSSR count). The third-order valence-corrected chi connectivity index (χ3v) is 18.2. The second-order valence-electron chi connectivity index (χ2n) is 23.3. The molecule has 0 radical (unpaired) electrons. The summed E-state index contributed by atoms with van der Waals surface area (Å²) in [6, 6.07) is 13.0. The maximum absolute atomic E-state index is 12.9. The smallest absolute Gasteiger partial charge is 0.328 e. The molecule has 6 aliphatic rings. The molecule has 9 heterocycles. The van der Waals surface area contributed by atoms with E-state index in [2.05, 4.69) is 29.9 Å². The first-order valence-corrected chi connectivity index (χ1v) is 31.4. The summed E-state index contributed by atoms with van der Waals surface area (Å²) in [6.45, 7) is 6.26. The number of carbonyl (C=O) groups is 6. The number of halogens is 3. The molecule has 23 nitrogen and oxygen atoms in total. The zero-order valence-corrected chi connectivity index (χ0v) is 52.5. The number of amides is 3. The maximum atomic E-state index is 12.9. The lowest BCUT2D eigenvalue weighted by atomic mass is 9.96. The summed E-state index contributed by atoms with van der Waals surface area (Å²) in [5.41, 5.74) is 7.45. The van der Waals surface area contributed by atoms with Gasteiger partial charge in [0.2, 0.25) is 0 Å². The number of fused-ring (bicyclic) bond motifs is 3. The van der Waals surface area contributed by atoms with Gasteiger partial charge in [-0.25, -0.2) is 44.3 Å². The summed E-state index contributed by atoms with van der Waals surface area (Å²) in [5, 5.41) is 38.8. The number of aromatic nitrogens is 6. The van der Waals surface area contributed by atoms with E-state index in [-0.39, 0.29) is 31.5 Å². The van der Waals surface area contributed by atoms with Crippen molar-refractivity contribution in [3.63, 3.8) is 0 Å². The van der Waals surface area contributed by atoms with Crippen LogP contribution in [0.3, 0.4) is 0 Å². The highest BCUT2D eigenvalue weighted by Gasteiger charge is 2.39. The van der Waals surface area contributed by atoms with Crippen LogP contribution in [0.2, 0.25) is 15.1 Å². The van der Waals surface area contributed by atoms with Crippen LogP contribution < -0.4 is 0 Å². The van der Waals surface area contributed by atoms with E-state index in [9.17, 15) is 49.2 Å². The number of hydrogen-bond donors (Lipinski definition) is 4. The monoisotopic (exact) mass is 1310 g/mol. The Bertz CT molecular complexity index is 3540. The van der Waals surface area contributed by atoms with Crippen molar-refractivity contribution >= 4 is 70.4 Å². The van der Waals surface area contributed by atoms with Crippen LogP contribution in [0.1, 0.15) is 117 Å². The lowest BCUT2D eigenvalue weighted by Crippen LogP contribution is -2.44. The molecule has 26 heteroatoms. The number of carboxylic acid groups (broad SMARTS) is 3. The Kier molecular flexibility index (Phi) is 22.0. The molecule has 3 unspecified atom stereocenters. The zero-order valence-electron chi connectivity index (χ0n) is 50.3. The molecule has 91 heavy (non-hydrogen) atoms. The van der Waals surface area contributed by atoms with Gasteiger partial charge >= 0.3 is 17.9 Å². The Morgan fingerprint density at radius 2 is 0.824 bits per heavy atom. The van der Waals surface area contributed by atoms with Crippen LogP contribution in [0.4, 0.5) is 0 Å². The highest BCUT2D eigenvalue weighted by molar-refractivity contribution is 6.33. The van der Waals surface area contributed by atoms with E-state index in [4.69, 9.17) is 53.8 Å². The number of ether oxygens (including phenoxy) is 4. The number of carboxylic acids is 3. The standard InChI is InChI=1S/C22H24ClN3O5.C22H24ClN3O4.C21H22ClN3O5/c1-30-12-18(22(28)29)26-11-15-3-2-14(9-16(15)21(26)27)20-17(23)10-24-19(25-20)8-13-4-6-31-7-5-13;1-2-18(22(28)29)26-12-15-4-3-14(10-16(15)21(26)27)20-17(23)11-24-19(25-20)9-13-5-7-30-8-6-13;22-16-9-23-18(7-12-3-5-30-6-4-12)24-19(16)13-1-2-14-10-25(17(11-26)21(28)29)20(27)15(14)8-13/h2-3,9-10,13,18H,4-8,11-12H2,1H3,(H,28,29);3-4,10-11,13,18H,2,5-9,12H2,1H3,(H,28,29);1-2,8-9,12,17,26H,3-7,10-11H2,(H,28,29). The predicted octanol–water partition coefficient (Wildman–Crippen LogP) is 8.57. The van der Waals surface area contributed by atoms with Crippen LogP contribution in [-0.4, -0.2) is 179 Å². The van der Waals surface area contributed by atoms with Crippen molar-refractivity contribution in [1.82, 2.24) is 44.6 Å². The van der Waals surface area contributed by atoms with E-state index < -0.39 is 48.5 Å². The molecule has 0 aliphatic carbocycles. The van der Waals surface area contributed by atoms with Crippen molar-refractivity contribution in [3.8, 4) is 33.8 Å². The van der Waals surface area contributed by atoms with Crippen LogP contribution in [0, 0.1) is 17.8 Å². The van der Waals surface area contributed by atoms with Gasteiger partial charge in [0, 0.05) is 138 Å². The fourth-order valence-electron chi connectivity index (χ4n) is 12.2. The van der Waals surface area contributed by atoms with Gasteiger partial charge in [0.1, 0.15) is 23.5 Å². The van der Waals surface area contributed by atoms with Crippen LogP contribution in [0.25, 0.3) is 33.8 Å². The largest absolute Gasteiger partial charge is 0.480 e. The van der Waals surface area contributed by atoms with E-state index in [1.165, 1.54) is 16.9 Å². The number of methoxy groups -OCH3 is 1. The molecular formula is C65H70Cl3N9O14. The van der Waals surface area contributed by atoms with E-state index in [0.29, 0.717) is 108 Å². The van der Waals surface area contributed by atoms with Crippen molar-refractivity contribution in [2.75, 3.05) is 60.0 Å². The molecule has 0 saturated carbocycles. The number of nitrogens with zero attached hydrogens (tertiary/aromatic N) is 9. The molecule has 3 saturated heterocycles. The molecule has 3 aromatic carbocycles. The minimum absolute atomic E-state index is 0.0742. The predicted molar refractivity (Wildman–Crippen MR) is 332 cm³/mol. The molecule has 0 bridgehead atoms. The van der Waals surface area contributed by atoms with Gasteiger partial charge in [0.05, 0.1) is 45.4 Å². The van der Waals surface area contributed by atoms with E-state index in [1.807, 2.05) is 30.3 Å². The first kappa shape index (κ1) is 66.3. The lowest BCUT2D eigenvalue weighted by Gasteiger charge is -2.23. The third kappa shape index (κ3) is 15.5. The molecule has 3 fully saturated rings. The molecule has 3 amide bonds. The van der Waals surface area contributed by atoms with Crippen molar-refractivity contribution in [2.45, 2.75) is 109 Å². The molecule has 6 aromatic rings. The lowest BCUT2D eigenvalue weighted by molar-refractivity contribution is -0.145. The Labute approximate surface area is 540 Å². The summed E-state index contributed by atoms with van der Waals surface area (Å²) in [7, 11) is 1.41. The Morgan fingerprint density at radius 1 is 0.516 bits per heavy atom. The van der Waals surface area contributed by atoms with Gasteiger partial charge < -0.3 is 54.1 Å². The van der Waals surface area contributed by atoms with E-state index >= 15 is 0 Å². The van der Waals surface area contributed by atoms with Crippen molar-refractivity contribution in [3.05, 3.63) is 139 Å². The number of benzene rings is 3. The summed E-state index contributed by atoms with van der Waals surface area (Å²) in [4.78, 5) is 104. The van der Waals surface area contributed by atoms with Gasteiger partial charge in [-0.2, -0.15) is 0 Å². The Morgan fingerprint density at radius 3 is 1.11 bits per heavy atom. The highest BCUT2D eigenvalue weighted by atomic mass is 35.5. The zero-order chi connectivity index (χ0) is 64.5. The van der Waals surface area contributed by atoms with Crippen LogP contribution >= 0.6 is 34.8 Å². The number of aliphatic hydroxyl groups excluding tert-OH is 1. The number of rotatable bonds is 19. The molecule has 4 N–H and O–H groups in total. The second-order valence-corrected chi connectivity index (χ2v) is 24.5. The first-order valence-electron chi connectivity index (χ1n) is 30.3. The van der Waals surface area contributed by atoms with Crippen LogP contribution in [0.15, 0.2) is 73.2 Å². The Hall–Kier alpha value is -7.61. The van der Waals surface area contributed by atoms with Gasteiger partial charge in [0.15, 0.2) is 12.1 Å². The van der Waals surface area contributed by atoms with Crippen molar-refractivity contribution < 1.29 is 68.1 Å². The first-order chi connectivity index (χ1) is 43.9. The summed E-state index contributed by atoms with van der Waals surface area (Å²) < 4.78 is 21.2. The van der Waals surface area contributed by atoms with Gasteiger partial charge in [-0.05, 0) is 97.6 Å². The average Bonchev–Trinajstić information content (AvgIpc) is 1.75. The van der Waals surface area contributed by atoms with Crippen LogP contribution in [-0.2, 0) is 72.2 Å². The highest BCUT2D eigenvalue weighted by Crippen LogP contribution is 2.37. The summed E-state index contributed by atoms with van der Waals surface area (Å²) in [6.07, 6.45) is 13.3. The van der Waals surface area contributed by atoms with Gasteiger partial charge in [0.25, 0.3) is 17.7 Å². The fourth-order valence-corrected chi connectivity index (χ4v) is 12.8. The number of carbonyl (C=O) groups excluding carboxylic acids is 3. The molecule has 3 aromatic heterocycles. The van der Waals surface area contributed by atoms with Gasteiger partial charge in [-0.15, -0.1) is 0 Å². The topological polar surface area (TPSA) is 307 Å². The molecule has 480 valence electrons. The van der Waals surface area contributed by atoms with Crippen molar-refractivity contribution in [2.24, 2.45) is 17.8 Å². The minimum Gasteiger partial charge on any atom is -0.480 e. The number of hydrogen-bond acceptors (Lipinski definition) is 17. The van der Waals surface area contributed by atoms with Gasteiger partial charge in [-0.3, -0.25) is 14.4 Å². The second kappa shape index (κ2) is 30.2. The van der Waals surface area contributed by atoms with Crippen molar-refractivity contribution in [1.29, 1.82) is 0 Å². The maximum Gasteiger partial charge on any atom is 0.328 e. The van der Waals surface area contributed by atoms with E-state index in [0.717, 1.165) is 125 Å². The van der Waals surface area contributed by atoms with Crippen LogP contribution in [0.5, 0.6) is 0 Å². The molecule has 6 aliphatic heterocycles. The number of aliphatic carboxylic acids is 3. The normalized spacial score (nSPS) is 17.7. The quantitative estimate of drug-likeness (QED) is 0.0590. The molecular weight excluding hydrogens is 1240 g/mol. The summed E-state index contributed by atoms with van der Waals surface area (Å²) in [5.74, 6) is -0.793. The summed E-state index contributed by atoms with van der Waals surface area (Å²) >= 11 is 19.1. The SMILES string of the molecule is CCC(C(=O)O)N1Cc2ccc(-c3nc(CC4CCOCC4)ncc3Cl)cc2C1=O.COCC(C(=O)O)N1Cc2ccc(-c3nc(CC4CCOCC4)ncc3Cl)cc2C1=O.O=C(O)C(CO)N1Cc2ccc(-c3nc(CC4CCOCC4)ncc3Cl)cc2C1=O. The Balaban J connectivity index is 0.000000150. The average molecular weight is 1310 g/mol. The minimum atomic E-state index is -1.28. The third-order valence-electron chi connectivity index (χ3n) is 17.3. The molecule has 0 spiro atoms. The number of aliphatic hydroxyl groups is 1. The molecule has 3 atom stereocenters. The van der Waals surface area contributed by atoms with Gasteiger partial charge in [-0.1, -0.05) is 78.1 Å².